The van der Waals surface area contributed by atoms with Crippen LogP contribution in [0.4, 0.5) is 4.79 Å². The van der Waals surface area contributed by atoms with Crippen molar-refractivity contribution in [3.05, 3.63) is 17.0 Å². The quantitative estimate of drug-likeness (QED) is 0.835. The van der Waals surface area contributed by atoms with Crippen LogP contribution in [0.5, 0.6) is 0 Å². The number of hydrogen-bond acceptors (Lipinski definition) is 5. The Morgan fingerprint density at radius 3 is 2.33 bits per heavy atom. The highest BCUT2D eigenvalue weighted by atomic mass is 16.6. The summed E-state index contributed by atoms with van der Waals surface area (Å²) in [6, 6.07) is 0. The van der Waals surface area contributed by atoms with Crippen LogP contribution >= 0.6 is 0 Å². The number of carbonyl (C=O) groups excluding carboxylic acids is 2. The number of nitrogens with zero attached hydrogens (tertiary/aromatic N) is 3. The minimum atomic E-state index is -0.310. The third-order valence-corrected chi connectivity index (χ3v) is 3.67. The van der Waals surface area contributed by atoms with Gasteiger partial charge in [-0.15, -0.1) is 0 Å². The molecule has 0 saturated carbocycles. The van der Waals surface area contributed by atoms with E-state index < -0.39 is 0 Å². The average molecular weight is 295 g/mol. The van der Waals surface area contributed by atoms with Gasteiger partial charge in [-0.05, 0) is 20.8 Å². The van der Waals surface area contributed by atoms with Crippen molar-refractivity contribution in [2.75, 3.05) is 32.8 Å². The SMILES string of the molecule is CCOC(=O)N1CCN(C(=O)Cc2c(C)noc2C)CC1. The fourth-order valence-corrected chi connectivity index (χ4v) is 2.37. The Morgan fingerprint density at radius 2 is 1.81 bits per heavy atom. The van der Waals surface area contributed by atoms with Crippen molar-refractivity contribution in [3.8, 4) is 0 Å². The summed E-state index contributed by atoms with van der Waals surface area (Å²) in [6.07, 6.45) is -0.0177. The van der Waals surface area contributed by atoms with Gasteiger partial charge in [0.25, 0.3) is 0 Å². The van der Waals surface area contributed by atoms with Gasteiger partial charge in [0.1, 0.15) is 5.76 Å². The molecule has 7 heteroatoms. The molecule has 1 aromatic heterocycles. The van der Waals surface area contributed by atoms with Gasteiger partial charge in [-0.2, -0.15) is 0 Å². The molecule has 0 unspecified atom stereocenters. The first-order chi connectivity index (χ1) is 10.0. The zero-order chi connectivity index (χ0) is 15.4. The largest absolute Gasteiger partial charge is 0.450 e. The first-order valence-electron chi connectivity index (χ1n) is 7.14. The van der Waals surface area contributed by atoms with E-state index in [0.717, 1.165) is 11.3 Å². The summed E-state index contributed by atoms with van der Waals surface area (Å²) < 4.78 is 10.0. The second kappa shape index (κ2) is 6.60. The number of carbonyl (C=O) groups is 2. The molecule has 1 fully saturated rings. The van der Waals surface area contributed by atoms with E-state index in [9.17, 15) is 9.59 Å². The van der Waals surface area contributed by atoms with Crippen LogP contribution in [0.1, 0.15) is 23.9 Å². The van der Waals surface area contributed by atoms with E-state index in [1.54, 1.807) is 23.6 Å². The topological polar surface area (TPSA) is 75.9 Å². The smallest absolute Gasteiger partial charge is 0.409 e. The lowest BCUT2D eigenvalue weighted by atomic mass is 10.1. The lowest BCUT2D eigenvalue weighted by Gasteiger charge is -2.34. The van der Waals surface area contributed by atoms with Crippen LogP contribution in [0.3, 0.4) is 0 Å². The Hall–Kier alpha value is -2.05. The lowest BCUT2D eigenvalue weighted by Crippen LogP contribution is -2.51. The Morgan fingerprint density at radius 1 is 1.19 bits per heavy atom. The van der Waals surface area contributed by atoms with Gasteiger partial charge in [-0.25, -0.2) is 4.79 Å². The van der Waals surface area contributed by atoms with Crippen molar-refractivity contribution in [1.82, 2.24) is 15.0 Å². The third kappa shape index (κ3) is 3.53. The Kier molecular flexibility index (Phi) is 4.82. The van der Waals surface area contributed by atoms with E-state index in [1.165, 1.54) is 0 Å². The third-order valence-electron chi connectivity index (χ3n) is 3.67. The molecule has 0 radical (unpaired) electrons. The molecule has 1 aromatic rings. The summed E-state index contributed by atoms with van der Waals surface area (Å²) in [5, 5.41) is 3.85. The Bertz CT molecular complexity index is 499. The number of rotatable bonds is 3. The minimum absolute atomic E-state index is 0.0351. The number of aromatic nitrogens is 1. The van der Waals surface area contributed by atoms with Gasteiger partial charge in [0.05, 0.1) is 18.7 Å². The normalized spacial score (nSPS) is 15.2. The summed E-state index contributed by atoms with van der Waals surface area (Å²) in [5.41, 5.74) is 1.61. The van der Waals surface area contributed by atoms with Crippen molar-refractivity contribution in [3.63, 3.8) is 0 Å². The number of piperazine rings is 1. The molecule has 0 spiro atoms. The zero-order valence-electron chi connectivity index (χ0n) is 12.7. The minimum Gasteiger partial charge on any atom is -0.450 e. The van der Waals surface area contributed by atoms with Crippen molar-refractivity contribution < 1.29 is 18.8 Å². The van der Waals surface area contributed by atoms with E-state index in [4.69, 9.17) is 9.26 Å². The second-order valence-electron chi connectivity index (χ2n) is 5.05. The fourth-order valence-electron chi connectivity index (χ4n) is 2.37. The number of amides is 2. The lowest BCUT2D eigenvalue weighted by molar-refractivity contribution is -0.132. The molecule has 21 heavy (non-hydrogen) atoms. The van der Waals surface area contributed by atoms with Crippen molar-refractivity contribution >= 4 is 12.0 Å². The Labute approximate surface area is 123 Å². The van der Waals surface area contributed by atoms with E-state index in [-0.39, 0.29) is 12.0 Å². The van der Waals surface area contributed by atoms with Crippen molar-refractivity contribution in [2.45, 2.75) is 27.2 Å². The van der Waals surface area contributed by atoms with Gasteiger partial charge in [0.15, 0.2) is 0 Å². The molecule has 0 aliphatic carbocycles. The molecule has 1 aliphatic rings. The highest BCUT2D eigenvalue weighted by Gasteiger charge is 2.25. The molecular formula is C14H21N3O4. The number of aryl methyl sites for hydroxylation is 2. The molecule has 2 rings (SSSR count). The summed E-state index contributed by atoms with van der Waals surface area (Å²) in [5.74, 6) is 0.721. The van der Waals surface area contributed by atoms with E-state index in [0.29, 0.717) is 45.0 Å². The van der Waals surface area contributed by atoms with Crippen LogP contribution in [-0.2, 0) is 16.0 Å². The highest BCUT2D eigenvalue weighted by Crippen LogP contribution is 2.15. The van der Waals surface area contributed by atoms with Gasteiger partial charge in [0, 0.05) is 31.7 Å². The molecule has 0 N–H and O–H groups in total. The molecule has 0 bridgehead atoms. The molecule has 116 valence electrons. The molecule has 0 aromatic carbocycles. The van der Waals surface area contributed by atoms with Gasteiger partial charge >= 0.3 is 6.09 Å². The van der Waals surface area contributed by atoms with Crippen LogP contribution in [-0.4, -0.2) is 59.7 Å². The first-order valence-corrected chi connectivity index (χ1v) is 7.14. The van der Waals surface area contributed by atoms with Crippen LogP contribution < -0.4 is 0 Å². The summed E-state index contributed by atoms with van der Waals surface area (Å²) in [6.45, 7) is 7.85. The van der Waals surface area contributed by atoms with Gasteiger partial charge in [-0.1, -0.05) is 5.16 Å². The average Bonchev–Trinajstić information content (AvgIpc) is 2.79. The summed E-state index contributed by atoms with van der Waals surface area (Å²) in [7, 11) is 0. The van der Waals surface area contributed by atoms with Gasteiger partial charge in [-0.3, -0.25) is 4.79 Å². The standard InChI is InChI=1S/C14H21N3O4/c1-4-20-14(19)17-7-5-16(6-8-17)13(18)9-12-10(2)15-21-11(12)3/h4-9H2,1-3H3. The number of hydrogen-bond donors (Lipinski definition) is 0. The summed E-state index contributed by atoms with van der Waals surface area (Å²) >= 11 is 0. The molecule has 7 nitrogen and oxygen atoms in total. The second-order valence-corrected chi connectivity index (χ2v) is 5.05. The van der Waals surface area contributed by atoms with Crippen LogP contribution in [0.25, 0.3) is 0 Å². The molecule has 2 heterocycles. The summed E-state index contributed by atoms with van der Waals surface area (Å²) in [4.78, 5) is 27.3. The predicted octanol–water partition coefficient (Wildman–Crippen LogP) is 1.13. The van der Waals surface area contributed by atoms with E-state index in [2.05, 4.69) is 5.16 Å². The predicted molar refractivity (Wildman–Crippen MR) is 74.9 cm³/mol. The fraction of sp³-hybridized carbons (Fsp3) is 0.643. The van der Waals surface area contributed by atoms with E-state index >= 15 is 0 Å². The highest BCUT2D eigenvalue weighted by molar-refractivity contribution is 5.79. The monoisotopic (exact) mass is 295 g/mol. The molecular weight excluding hydrogens is 274 g/mol. The maximum Gasteiger partial charge on any atom is 0.409 e. The molecule has 0 atom stereocenters. The van der Waals surface area contributed by atoms with Gasteiger partial charge in [0.2, 0.25) is 5.91 Å². The molecule has 1 aliphatic heterocycles. The van der Waals surface area contributed by atoms with Crippen LogP contribution in [0, 0.1) is 13.8 Å². The Balaban J connectivity index is 1.87. The zero-order valence-corrected chi connectivity index (χ0v) is 12.7. The first kappa shape index (κ1) is 15.3. The maximum atomic E-state index is 12.3. The molecule has 1 saturated heterocycles. The van der Waals surface area contributed by atoms with Gasteiger partial charge < -0.3 is 19.1 Å². The maximum absolute atomic E-state index is 12.3. The van der Waals surface area contributed by atoms with Crippen LogP contribution in [0.2, 0.25) is 0 Å². The van der Waals surface area contributed by atoms with E-state index in [1.807, 2.05) is 6.92 Å². The molecule has 2 amide bonds. The van der Waals surface area contributed by atoms with Crippen molar-refractivity contribution in [1.29, 1.82) is 0 Å². The van der Waals surface area contributed by atoms with Crippen LogP contribution in [0.15, 0.2) is 4.52 Å². The number of ether oxygens (including phenoxy) is 1. The van der Waals surface area contributed by atoms with Crippen molar-refractivity contribution in [2.24, 2.45) is 0 Å².